The molecule has 382 valence electrons. The van der Waals surface area contributed by atoms with Crippen molar-refractivity contribution in [3.05, 3.63) is 52.1 Å². The number of hydrogen-bond donors (Lipinski definition) is 0. The lowest BCUT2D eigenvalue weighted by Crippen LogP contribution is -2.45. The van der Waals surface area contributed by atoms with E-state index in [4.69, 9.17) is 27.0 Å². The second-order valence-electron chi connectivity index (χ2n) is 27.4. The van der Waals surface area contributed by atoms with Crippen molar-refractivity contribution in [2.45, 2.75) is 259 Å². The van der Waals surface area contributed by atoms with Gasteiger partial charge in [0.15, 0.2) is 33.3 Å². The van der Waals surface area contributed by atoms with Gasteiger partial charge in [0.1, 0.15) is 8.07 Å². The van der Waals surface area contributed by atoms with Crippen molar-refractivity contribution in [2.75, 3.05) is 26.4 Å². The summed E-state index contributed by atoms with van der Waals surface area (Å²) < 4.78 is 42.1. The van der Waals surface area contributed by atoms with Crippen molar-refractivity contribution in [3.63, 3.8) is 0 Å². The van der Waals surface area contributed by atoms with E-state index in [1.807, 2.05) is 0 Å². The number of hydrogen-bond acceptors (Lipinski definition) is 6. The maximum Gasteiger partial charge on any atom is 0.490 e. The Kier molecular flexibility index (Phi) is 21.5. The molecule has 0 spiro atoms. The third-order valence-electron chi connectivity index (χ3n) is 17.3. The van der Waals surface area contributed by atoms with Gasteiger partial charge in [-0.15, -0.1) is 0 Å². The van der Waals surface area contributed by atoms with Crippen LogP contribution >= 0.6 is 0 Å². The minimum absolute atomic E-state index is 0.143. The van der Waals surface area contributed by atoms with Gasteiger partial charge in [-0.05, 0) is 168 Å². The second-order valence-corrected chi connectivity index (χ2v) is 51.1. The van der Waals surface area contributed by atoms with E-state index < -0.39 is 59.7 Å². The summed E-state index contributed by atoms with van der Waals surface area (Å²) in [6, 6.07) is 11.4. The summed E-state index contributed by atoms with van der Waals surface area (Å²) in [4.78, 5) is 0. The molecule has 0 atom stereocenters. The van der Waals surface area contributed by atoms with Crippen LogP contribution in [0.25, 0.3) is 0 Å². The molecule has 0 N–H and O–H groups in total. The van der Waals surface area contributed by atoms with Gasteiger partial charge >= 0.3 is 7.12 Å². The molecular formula is C54H107BO6Si5. The molecule has 1 fully saturated rings. The molecule has 0 saturated carbocycles. The zero-order valence-corrected chi connectivity index (χ0v) is 53.4. The summed E-state index contributed by atoms with van der Waals surface area (Å²) in [5.74, 6) is 0. The van der Waals surface area contributed by atoms with Crippen molar-refractivity contribution >= 4 is 53.6 Å². The molecule has 0 unspecified atom stereocenters. The van der Waals surface area contributed by atoms with Crippen LogP contribution in [0.2, 0.25) is 85.6 Å². The lowest BCUT2D eigenvalue weighted by Gasteiger charge is -2.37. The molecular weight excluding hydrogens is 896 g/mol. The highest BCUT2D eigenvalue weighted by Crippen LogP contribution is 2.45. The summed E-state index contributed by atoms with van der Waals surface area (Å²) in [7, 11) is -10.5. The van der Waals surface area contributed by atoms with E-state index >= 15 is 0 Å². The largest absolute Gasteiger partial charge is 0.490 e. The van der Waals surface area contributed by atoms with Crippen molar-refractivity contribution < 1.29 is 27.0 Å². The average Bonchev–Trinajstić information content (AvgIpc) is 3.36. The molecule has 0 amide bonds. The first kappa shape index (κ1) is 61.7. The number of allylic oxidation sites excluding steroid dienone is 4. The van der Waals surface area contributed by atoms with Gasteiger partial charge in [-0.25, -0.2) is 0 Å². The highest BCUT2D eigenvalue weighted by atomic mass is 28.4. The zero-order chi connectivity index (χ0) is 51.2. The first-order valence-corrected chi connectivity index (χ1v) is 40.6. The third kappa shape index (κ3) is 16.6. The maximum atomic E-state index is 7.16. The average molecular weight is 1000 g/mol. The first-order chi connectivity index (χ1) is 29.5. The van der Waals surface area contributed by atoms with Crippen LogP contribution in [-0.2, 0) is 27.0 Å². The molecule has 0 radical (unpaired) electrons. The fraction of sp³-hybridized carbons (Fsp3) is 0.815. The Bertz CT molecular complexity index is 1720. The number of rotatable bonds is 24. The molecule has 1 aliphatic heterocycles. The van der Waals surface area contributed by atoms with E-state index in [1.54, 1.807) is 5.20 Å². The highest BCUT2D eigenvalue weighted by Gasteiger charge is 2.53. The molecule has 0 aliphatic carbocycles. The molecule has 12 heteroatoms. The van der Waals surface area contributed by atoms with E-state index in [0.717, 1.165) is 77.8 Å². The van der Waals surface area contributed by atoms with Crippen molar-refractivity contribution in [2.24, 2.45) is 0 Å². The van der Waals surface area contributed by atoms with Gasteiger partial charge in [0.2, 0.25) is 0 Å². The summed E-state index contributed by atoms with van der Waals surface area (Å²) in [5, 5.41) is 3.70. The van der Waals surface area contributed by atoms with Gasteiger partial charge in [0.05, 0.1) is 11.2 Å². The van der Waals surface area contributed by atoms with Crippen LogP contribution in [0, 0.1) is 0 Å². The standard InChI is InChI=1S/C54H107BO6Si5/c1-49(2,3)63(19,20)56-40-30-36-45(47(55-60-53(13,14)54(15,16)61-55)38-32-42-58-65(23,24)51(7,8)9)46(37-31-41-57-64(21,22)50(4,5)6)48(62(17,18)44-34-28-27-29-35-44)39-33-43-59-66(25,26)52(10,11)12/h27-29,34-35H,30-33,36-43H2,1-26H3/b47-45-,48-46-. The molecule has 66 heavy (non-hydrogen) atoms. The summed E-state index contributed by atoms with van der Waals surface area (Å²) in [6.45, 7) is 64.2. The minimum atomic E-state index is -2.28. The van der Waals surface area contributed by atoms with Crippen LogP contribution in [-0.4, -0.2) is 86.1 Å². The Morgan fingerprint density at radius 3 is 1.09 bits per heavy atom. The van der Waals surface area contributed by atoms with Crippen LogP contribution in [0.3, 0.4) is 0 Å². The Morgan fingerprint density at radius 1 is 0.455 bits per heavy atom. The normalized spacial score (nSPS) is 17.9. The molecule has 1 saturated heterocycles. The van der Waals surface area contributed by atoms with E-state index in [2.05, 4.69) is 207 Å². The highest BCUT2D eigenvalue weighted by molar-refractivity contribution is 6.95. The predicted molar refractivity (Wildman–Crippen MR) is 303 cm³/mol. The van der Waals surface area contributed by atoms with Gasteiger partial charge in [-0.2, -0.15) is 0 Å². The van der Waals surface area contributed by atoms with E-state index in [-0.39, 0.29) is 20.2 Å². The fourth-order valence-electron chi connectivity index (χ4n) is 7.44. The smallest absolute Gasteiger partial charge is 0.417 e. The molecule has 1 aliphatic rings. The molecule has 1 aromatic rings. The SMILES string of the molecule is CC1(C)OB(/C(CCCO[Si](C)(C)C(C)(C)C)=C(CCCO[Si](C)(C)C(C)(C)C)\C(CCCO[Si](C)(C)C(C)(C)C)=C(\CCCO[Si](C)(C)C(C)(C)C)[Si](C)(C)c2ccccc2)OC1(C)C. The van der Waals surface area contributed by atoms with Gasteiger partial charge in [0.25, 0.3) is 0 Å². The zero-order valence-electron chi connectivity index (χ0n) is 48.4. The van der Waals surface area contributed by atoms with Crippen LogP contribution in [0.1, 0.15) is 162 Å². The maximum absolute atomic E-state index is 7.16. The Morgan fingerprint density at radius 2 is 0.758 bits per heavy atom. The Balaban J connectivity index is 3.09. The molecule has 2 rings (SSSR count). The predicted octanol–water partition coefficient (Wildman–Crippen LogP) is 16.6. The molecule has 0 aromatic heterocycles. The van der Waals surface area contributed by atoms with Crippen LogP contribution in [0.15, 0.2) is 52.1 Å². The van der Waals surface area contributed by atoms with Crippen molar-refractivity contribution in [1.82, 2.24) is 0 Å². The monoisotopic (exact) mass is 1000 g/mol. The van der Waals surface area contributed by atoms with Gasteiger partial charge in [0, 0.05) is 26.4 Å². The van der Waals surface area contributed by atoms with Crippen LogP contribution < -0.4 is 5.19 Å². The van der Waals surface area contributed by atoms with Crippen molar-refractivity contribution in [1.29, 1.82) is 0 Å². The molecule has 1 aromatic carbocycles. The number of benzene rings is 1. The van der Waals surface area contributed by atoms with Gasteiger partial charge in [-0.3, -0.25) is 0 Å². The van der Waals surface area contributed by atoms with E-state index in [1.165, 1.54) is 21.8 Å². The Labute approximate surface area is 416 Å². The topological polar surface area (TPSA) is 55.4 Å². The quantitative estimate of drug-likeness (QED) is 0.0584. The van der Waals surface area contributed by atoms with E-state index in [9.17, 15) is 0 Å². The molecule has 6 nitrogen and oxygen atoms in total. The minimum Gasteiger partial charge on any atom is -0.417 e. The molecule has 1 heterocycles. The lowest BCUT2D eigenvalue weighted by atomic mass is 9.70. The Hall–Kier alpha value is -0.391. The van der Waals surface area contributed by atoms with Crippen LogP contribution in [0.4, 0.5) is 0 Å². The summed E-state index contributed by atoms with van der Waals surface area (Å²) >= 11 is 0. The summed E-state index contributed by atoms with van der Waals surface area (Å²) in [6.07, 6.45) is 7.48. The van der Waals surface area contributed by atoms with E-state index in [0.29, 0.717) is 0 Å². The molecule has 0 bridgehead atoms. The second kappa shape index (κ2) is 23.0. The first-order valence-electron chi connectivity index (χ1n) is 26.0. The summed E-state index contributed by atoms with van der Waals surface area (Å²) in [5.41, 5.74) is 3.31. The van der Waals surface area contributed by atoms with Crippen molar-refractivity contribution in [3.8, 4) is 0 Å². The lowest BCUT2D eigenvalue weighted by molar-refractivity contribution is 0.00578. The third-order valence-corrected chi connectivity index (χ3v) is 39.3. The fourth-order valence-corrected chi connectivity index (χ4v) is 15.0. The van der Waals surface area contributed by atoms with Crippen LogP contribution in [0.5, 0.6) is 0 Å². The van der Waals surface area contributed by atoms with Gasteiger partial charge in [-0.1, -0.05) is 137 Å². The van der Waals surface area contributed by atoms with Gasteiger partial charge < -0.3 is 27.0 Å².